The molecule has 2 saturated carbocycles. The van der Waals surface area contributed by atoms with Crippen LogP contribution in [0.25, 0.3) is 0 Å². The van der Waals surface area contributed by atoms with Crippen LogP contribution in [0.5, 0.6) is 0 Å². The first-order valence-corrected chi connectivity index (χ1v) is 9.16. The molecule has 3 heteroatoms. The summed E-state index contributed by atoms with van der Waals surface area (Å²) in [4.78, 5) is 15.5. The van der Waals surface area contributed by atoms with Gasteiger partial charge in [-0.15, -0.1) is 0 Å². The van der Waals surface area contributed by atoms with Crippen LogP contribution in [0.1, 0.15) is 78.6 Å². The van der Waals surface area contributed by atoms with Crippen LogP contribution in [0.4, 0.5) is 0 Å². The van der Waals surface area contributed by atoms with Crippen molar-refractivity contribution >= 4 is 5.91 Å². The summed E-state index contributed by atoms with van der Waals surface area (Å²) in [7, 11) is 0. The number of carbonyl (C=O) groups excluding carboxylic acids is 1. The molecule has 3 aliphatic rings. The van der Waals surface area contributed by atoms with Gasteiger partial charge in [0.15, 0.2) is 0 Å². The summed E-state index contributed by atoms with van der Waals surface area (Å²) in [5.41, 5.74) is -0.191. The summed E-state index contributed by atoms with van der Waals surface area (Å²) in [6.45, 7) is 6.95. The monoisotopic (exact) mass is 292 g/mol. The summed E-state index contributed by atoms with van der Waals surface area (Å²) in [6, 6.07) is 0.472. The van der Waals surface area contributed by atoms with Crippen molar-refractivity contribution in [3.8, 4) is 0 Å². The van der Waals surface area contributed by atoms with E-state index in [0.29, 0.717) is 18.1 Å². The molecule has 3 fully saturated rings. The van der Waals surface area contributed by atoms with E-state index in [1.807, 2.05) is 0 Å². The van der Waals surface area contributed by atoms with Crippen molar-refractivity contribution in [3.63, 3.8) is 0 Å². The second kappa shape index (κ2) is 5.91. The Balaban J connectivity index is 1.81. The van der Waals surface area contributed by atoms with Crippen LogP contribution in [-0.4, -0.2) is 28.6 Å². The summed E-state index contributed by atoms with van der Waals surface area (Å²) >= 11 is 0. The quantitative estimate of drug-likeness (QED) is 0.860. The molecular formula is C18H32N2O. The van der Waals surface area contributed by atoms with Gasteiger partial charge in [-0.1, -0.05) is 40.0 Å². The van der Waals surface area contributed by atoms with E-state index in [2.05, 4.69) is 31.0 Å². The second-order valence-electron chi connectivity index (χ2n) is 8.02. The number of hydrogen-bond donors (Lipinski definition) is 1. The fourth-order valence-electron chi connectivity index (χ4n) is 5.21. The largest absolute Gasteiger partial charge is 0.323 e. The van der Waals surface area contributed by atoms with Gasteiger partial charge in [-0.3, -0.25) is 10.1 Å². The summed E-state index contributed by atoms with van der Waals surface area (Å²) in [5, 5.41) is 3.77. The van der Waals surface area contributed by atoms with Gasteiger partial charge in [-0.05, 0) is 50.4 Å². The van der Waals surface area contributed by atoms with Crippen LogP contribution < -0.4 is 5.32 Å². The first-order chi connectivity index (χ1) is 10.1. The van der Waals surface area contributed by atoms with Gasteiger partial charge in [0, 0.05) is 6.04 Å². The molecule has 1 spiro atoms. The molecule has 0 aromatic carbocycles. The average Bonchev–Trinajstić information content (AvgIpc) is 2.97. The zero-order valence-electron chi connectivity index (χ0n) is 14.0. The van der Waals surface area contributed by atoms with E-state index < -0.39 is 0 Å². The molecule has 3 rings (SSSR count). The van der Waals surface area contributed by atoms with E-state index in [-0.39, 0.29) is 5.54 Å². The summed E-state index contributed by atoms with van der Waals surface area (Å²) < 4.78 is 0. The third kappa shape index (κ3) is 2.74. The molecule has 1 N–H and O–H groups in total. The maximum absolute atomic E-state index is 13.2. The molecule has 3 atom stereocenters. The molecule has 0 aromatic heterocycles. The molecule has 1 amide bonds. The van der Waals surface area contributed by atoms with Gasteiger partial charge >= 0.3 is 0 Å². The number of nitrogens with one attached hydrogen (secondary N) is 1. The lowest BCUT2D eigenvalue weighted by Gasteiger charge is -2.40. The van der Waals surface area contributed by atoms with Crippen molar-refractivity contribution in [2.24, 2.45) is 11.8 Å². The first-order valence-electron chi connectivity index (χ1n) is 9.16. The molecule has 1 heterocycles. The molecule has 0 bridgehead atoms. The Kier molecular flexibility index (Phi) is 4.31. The van der Waals surface area contributed by atoms with Crippen molar-refractivity contribution in [2.75, 3.05) is 0 Å². The van der Waals surface area contributed by atoms with Crippen LogP contribution in [0.2, 0.25) is 0 Å². The number of rotatable bonds is 3. The minimum atomic E-state index is -0.191. The predicted molar refractivity (Wildman–Crippen MR) is 85.8 cm³/mol. The molecule has 3 unspecified atom stereocenters. The van der Waals surface area contributed by atoms with E-state index in [9.17, 15) is 4.79 Å². The van der Waals surface area contributed by atoms with Gasteiger partial charge in [-0.25, -0.2) is 0 Å². The minimum absolute atomic E-state index is 0.191. The van der Waals surface area contributed by atoms with Crippen molar-refractivity contribution in [1.29, 1.82) is 0 Å². The molecule has 0 aromatic rings. The third-order valence-electron chi connectivity index (χ3n) is 5.99. The average molecular weight is 292 g/mol. The highest BCUT2D eigenvalue weighted by atomic mass is 16.2. The van der Waals surface area contributed by atoms with Gasteiger partial charge < -0.3 is 4.90 Å². The Hall–Kier alpha value is -0.570. The molecule has 0 radical (unpaired) electrons. The zero-order chi connectivity index (χ0) is 15.0. The molecule has 3 nitrogen and oxygen atoms in total. The Bertz CT molecular complexity index is 379. The fourth-order valence-corrected chi connectivity index (χ4v) is 5.21. The fraction of sp³-hybridized carbons (Fsp3) is 0.944. The van der Waals surface area contributed by atoms with E-state index in [0.717, 1.165) is 37.5 Å². The summed E-state index contributed by atoms with van der Waals surface area (Å²) in [5.74, 6) is 1.95. The topological polar surface area (TPSA) is 32.3 Å². The molecular weight excluding hydrogens is 260 g/mol. The van der Waals surface area contributed by atoms with Gasteiger partial charge in [-0.2, -0.15) is 0 Å². The molecule has 21 heavy (non-hydrogen) atoms. The van der Waals surface area contributed by atoms with E-state index in [1.165, 1.54) is 32.1 Å². The molecule has 1 saturated heterocycles. The Morgan fingerprint density at radius 2 is 1.76 bits per heavy atom. The van der Waals surface area contributed by atoms with Crippen LogP contribution in [0, 0.1) is 11.8 Å². The van der Waals surface area contributed by atoms with E-state index in [4.69, 9.17) is 0 Å². The van der Waals surface area contributed by atoms with E-state index >= 15 is 0 Å². The maximum Gasteiger partial charge on any atom is 0.244 e. The Morgan fingerprint density at radius 1 is 1.14 bits per heavy atom. The van der Waals surface area contributed by atoms with Crippen molar-refractivity contribution < 1.29 is 4.79 Å². The van der Waals surface area contributed by atoms with Crippen molar-refractivity contribution in [1.82, 2.24) is 10.2 Å². The minimum Gasteiger partial charge on any atom is -0.323 e. The van der Waals surface area contributed by atoms with E-state index in [1.54, 1.807) is 0 Å². The lowest BCUT2D eigenvalue weighted by atomic mass is 9.79. The lowest BCUT2D eigenvalue weighted by molar-refractivity contribution is -0.136. The van der Waals surface area contributed by atoms with Crippen LogP contribution in [0.15, 0.2) is 0 Å². The standard InChI is InChI=1S/C18H32N2O/c1-4-7-16-19-18(8-5-6-9-18)17(21)20(16)15-11-13(2)10-14(3)12-15/h13-16,19H,4-12H2,1-3H3. The highest BCUT2D eigenvalue weighted by molar-refractivity contribution is 5.89. The Morgan fingerprint density at radius 3 is 2.33 bits per heavy atom. The predicted octanol–water partition coefficient (Wildman–Crippen LogP) is 3.68. The number of carbonyl (C=O) groups is 1. The second-order valence-corrected chi connectivity index (χ2v) is 8.02. The third-order valence-corrected chi connectivity index (χ3v) is 5.99. The highest BCUT2D eigenvalue weighted by Gasteiger charge is 2.54. The van der Waals surface area contributed by atoms with Gasteiger partial charge in [0.05, 0.1) is 11.7 Å². The molecule has 1 aliphatic heterocycles. The van der Waals surface area contributed by atoms with Crippen molar-refractivity contribution in [2.45, 2.75) is 96.3 Å². The number of nitrogens with zero attached hydrogens (tertiary/aromatic N) is 1. The van der Waals surface area contributed by atoms with Crippen LogP contribution >= 0.6 is 0 Å². The lowest BCUT2D eigenvalue weighted by Crippen LogP contribution is -2.48. The zero-order valence-corrected chi connectivity index (χ0v) is 14.0. The first kappa shape index (κ1) is 15.3. The normalized spacial score (nSPS) is 39.4. The van der Waals surface area contributed by atoms with Crippen LogP contribution in [-0.2, 0) is 4.79 Å². The van der Waals surface area contributed by atoms with Gasteiger partial charge in [0.1, 0.15) is 0 Å². The van der Waals surface area contributed by atoms with Gasteiger partial charge in [0.2, 0.25) is 5.91 Å². The van der Waals surface area contributed by atoms with Crippen LogP contribution in [0.3, 0.4) is 0 Å². The van der Waals surface area contributed by atoms with Crippen molar-refractivity contribution in [3.05, 3.63) is 0 Å². The smallest absolute Gasteiger partial charge is 0.244 e. The maximum atomic E-state index is 13.2. The highest BCUT2D eigenvalue weighted by Crippen LogP contribution is 2.41. The SMILES string of the molecule is CCCC1NC2(CCCC2)C(=O)N1C1CC(C)CC(C)C1. The number of hydrogen-bond acceptors (Lipinski definition) is 2. The Labute approximate surface area is 129 Å². The molecule has 120 valence electrons. The van der Waals surface area contributed by atoms with Gasteiger partial charge in [0.25, 0.3) is 0 Å². The number of amides is 1. The molecule has 2 aliphatic carbocycles. The summed E-state index contributed by atoms with van der Waals surface area (Å²) in [6.07, 6.45) is 10.8.